The number of hydrogen-bond donors (Lipinski definition) is 1. The average molecular weight is 456 g/mol. The highest BCUT2D eigenvalue weighted by Gasteiger charge is 2.53. The molecule has 5 rings (SSSR count). The summed E-state index contributed by atoms with van der Waals surface area (Å²) in [6, 6.07) is 4.16. The topological polar surface area (TPSA) is 102 Å². The first-order valence-corrected chi connectivity index (χ1v) is 11.8. The van der Waals surface area contributed by atoms with Gasteiger partial charge in [-0.05, 0) is 43.4 Å². The minimum absolute atomic E-state index is 0.0129. The van der Waals surface area contributed by atoms with Gasteiger partial charge in [-0.1, -0.05) is 30.7 Å². The van der Waals surface area contributed by atoms with Crippen LogP contribution >= 0.6 is 11.3 Å². The first-order valence-electron chi connectivity index (χ1n) is 11.0. The first kappa shape index (κ1) is 20.9. The summed E-state index contributed by atoms with van der Waals surface area (Å²) in [6.07, 6.45) is 4.94. The highest BCUT2D eigenvalue weighted by Crippen LogP contribution is 2.49. The van der Waals surface area contributed by atoms with E-state index in [0.717, 1.165) is 43.5 Å². The normalized spacial score (nSPS) is 24.9. The SMILES string of the molecule is CCCc1nnc(N2C(=O)C3=C(C(=O)C4CCCCC4O3)C2c2ccc(O)c(OC)c2)s1. The van der Waals surface area contributed by atoms with Gasteiger partial charge in [-0.3, -0.25) is 14.5 Å². The molecule has 1 aromatic carbocycles. The van der Waals surface area contributed by atoms with Crippen LogP contribution in [0, 0.1) is 5.92 Å². The van der Waals surface area contributed by atoms with Gasteiger partial charge in [-0.25, -0.2) is 0 Å². The maximum absolute atomic E-state index is 13.6. The molecular weight excluding hydrogens is 430 g/mol. The number of aryl methyl sites for hydroxylation is 1. The third-order valence-electron chi connectivity index (χ3n) is 6.41. The fraction of sp³-hybridized carbons (Fsp3) is 0.478. The van der Waals surface area contributed by atoms with E-state index >= 15 is 0 Å². The third-order valence-corrected chi connectivity index (χ3v) is 7.39. The Morgan fingerprint density at radius 1 is 1.25 bits per heavy atom. The standard InChI is InChI=1S/C23H25N3O5S/c1-3-6-17-24-25-23(32-17)26-19(12-9-10-14(27)16(11-12)30-2)18-20(28)13-7-4-5-8-15(13)31-21(18)22(26)29/h9-11,13,15,19,27H,3-8H2,1-2H3. The Hall–Kier alpha value is -2.94. The molecule has 32 heavy (non-hydrogen) atoms. The van der Waals surface area contributed by atoms with Gasteiger partial charge < -0.3 is 14.6 Å². The zero-order valence-corrected chi connectivity index (χ0v) is 18.9. The lowest BCUT2D eigenvalue weighted by atomic mass is 9.77. The lowest BCUT2D eigenvalue weighted by Gasteiger charge is -2.35. The fourth-order valence-corrected chi connectivity index (χ4v) is 5.85. The molecule has 1 N–H and O–H groups in total. The molecule has 3 aliphatic rings. The highest BCUT2D eigenvalue weighted by atomic mass is 32.1. The van der Waals surface area contributed by atoms with E-state index in [9.17, 15) is 14.7 Å². The molecule has 0 bridgehead atoms. The number of phenols is 1. The zero-order valence-electron chi connectivity index (χ0n) is 18.0. The van der Waals surface area contributed by atoms with E-state index in [1.165, 1.54) is 29.4 Å². The number of methoxy groups -OCH3 is 1. The van der Waals surface area contributed by atoms with Crippen LogP contribution in [-0.2, 0) is 20.7 Å². The molecule has 3 heterocycles. The molecule has 1 fully saturated rings. The summed E-state index contributed by atoms with van der Waals surface area (Å²) in [5.41, 5.74) is 1.02. The molecule has 0 spiro atoms. The molecule has 3 atom stereocenters. The van der Waals surface area contributed by atoms with Gasteiger partial charge in [0.25, 0.3) is 5.91 Å². The smallest absolute Gasteiger partial charge is 0.296 e. The van der Waals surface area contributed by atoms with Gasteiger partial charge >= 0.3 is 0 Å². The second-order valence-electron chi connectivity index (χ2n) is 8.39. The molecule has 2 aromatic rings. The number of ether oxygens (including phenoxy) is 2. The lowest BCUT2D eigenvalue weighted by Crippen LogP contribution is -2.39. The monoisotopic (exact) mass is 455 g/mol. The Bertz CT molecular complexity index is 1110. The van der Waals surface area contributed by atoms with Crippen molar-refractivity contribution in [2.24, 2.45) is 5.92 Å². The Kier molecular flexibility index (Phi) is 5.36. The first-order chi connectivity index (χ1) is 15.5. The second-order valence-corrected chi connectivity index (χ2v) is 9.43. The van der Waals surface area contributed by atoms with Crippen molar-refractivity contribution < 1.29 is 24.2 Å². The molecule has 3 unspecified atom stereocenters. The van der Waals surface area contributed by atoms with E-state index in [4.69, 9.17) is 9.47 Å². The predicted octanol–water partition coefficient (Wildman–Crippen LogP) is 3.70. The molecule has 1 saturated carbocycles. The predicted molar refractivity (Wildman–Crippen MR) is 118 cm³/mol. The van der Waals surface area contributed by atoms with Gasteiger partial charge in [0.05, 0.1) is 24.6 Å². The van der Waals surface area contributed by atoms with Crippen molar-refractivity contribution in [1.82, 2.24) is 10.2 Å². The minimum atomic E-state index is -0.704. The Balaban J connectivity index is 1.64. The van der Waals surface area contributed by atoms with Crippen LogP contribution in [0.4, 0.5) is 5.13 Å². The number of nitrogens with zero attached hydrogens (tertiary/aromatic N) is 3. The molecule has 0 saturated heterocycles. The summed E-state index contributed by atoms with van der Waals surface area (Å²) in [4.78, 5) is 28.7. The van der Waals surface area contributed by atoms with Crippen LogP contribution in [0.2, 0.25) is 0 Å². The maximum Gasteiger partial charge on any atom is 0.296 e. The van der Waals surface area contributed by atoms with Gasteiger partial charge in [0.2, 0.25) is 5.13 Å². The average Bonchev–Trinajstić information content (AvgIpc) is 3.37. The quantitative estimate of drug-likeness (QED) is 0.733. The Labute approximate surface area is 189 Å². The lowest BCUT2D eigenvalue weighted by molar-refractivity contribution is -0.131. The van der Waals surface area contributed by atoms with E-state index < -0.39 is 6.04 Å². The summed E-state index contributed by atoms with van der Waals surface area (Å²) in [6.45, 7) is 2.06. The Morgan fingerprint density at radius 3 is 2.84 bits per heavy atom. The number of carbonyl (C=O) groups excluding carboxylic acids is 2. The van der Waals surface area contributed by atoms with Gasteiger partial charge in [-0.2, -0.15) is 0 Å². The molecule has 9 heteroatoms. The third kappa shape index (κ3) is 3.26. The van der Waals surface area contributed by atoms with E-state index in [2.05, 4.69) is 17.1 Å². The summed E-state index contributed by atoms with van der Waals surface area (Å²) in [5.74, 6) is -0.242. The van der Waals surface area contributed by atoms with Crippen LogP contribution in [0.15, 0.2) is 29.5 Å². The van der Waals surface area contributed by atoms with Crippen LogP contribution in [0.25, 0.3) is 0 Å². The number of rotatable bonds is 5. The van der Waals surface area contributed by atoms with E-state index in [-0.39, 0.29) is 41.0 Å². The number of hydrogen-bond acceptors (Lipinski definition) is 8. The molecule has 1 aliphatic carbocycles. The van der Waals surface area contributed by atoms with Crippen molar-refractivity contribution in [1.29, 1.82) is 0 Å². The number of anilines is 1. The number of fused-ring (bicyclic) bond motifs is 1. The molecule has 0 radical (unpaired) electrons. The van der Waals surface area contributed by atoms with Gasteiger partial charge in [0, 0.05) is 6.42 Å². The van der Waals surface area contributed by atoms with Crippen molar-refractivity contribution >= 4 is 28.2 Å². The van der Waals surface area contributed by atoms with Crippen molar-refractivity contribution in [3.8, 4) is 11.5 Å². The van der Waals surface area contributed by atoms with Crippen LogP contribution in [0.1, 0.15) is 55.6 Å². The van der Waals surface area contributed by atoms with Crippen LogP contribution in [0.5, 0.6) is 11.5 Å². The number of amides is 1. The largest absolute Gasteiger partial charge is 0.504 e. The van der Waals surface area contributed by atoms with E-state index in [0.29, 0.717) is 16.3 Å². The number of aromatic nitrogens is 2. The van der Waals surface area contributed by atoms with Crippen LogP contribution in [0.3, 0.4) is 0 Å². The number of aromatic hydroxyl groups is 1. The van der Waals surface area contributed by atoms with Crippen molar-refractivity contribution in [3.63, 3.8) is 0 Å². The van der Waals surface area contributed by atoms with Crippen molar-refractivity contribution in [3.05, 3.63) is 40.1 Å². The number of carbonyl (C=O) groups is 2. The number of Topliss-reactive ketones (excluding diaryl/α,β-unsaturated/α-hetero) is 1. The number of phenolic OH excluding ortho intramolecular Hbond substituents is 1. The van der Waals surface area contributed by atoms with Crippen molar-refractivity contribution in [2.75, 3.05) is 12.0 Å². The zero-order chi connectivity index (χ0) is 22.4. The second kappa shape index (κ2) is 8.20. The summed E-state index contributed by atoms with van der Waals surface area (Å²) < 4.78 is 11.5. The molecule has 168 valence electrons. The van der Waals surface area contributed by atoms with E-state index in [1.54, 1.807) is 12.1 Å². The van der Waals surface area contributed by atoms with Gasteiger partial charge in [0.1, 0.15) is 11.1 Å². The number of benzene rings is 1. The maximum atomic E-state index is 13.6. The fourth-order valence-electron chi connectivity index (χ4n) is 4.88. The molecule has 1 aromatic heterocycles. The van der Waals surface area contributed by atoms with Gasteiger partial charge in [0.15, 0.2) is 23.0 Å². The van der Waals surface area contributed by atoms with Gasteiger partial charge in [-0.15, -0.1) is 10.2 Å². The highest BCUT2D eigenvalue weighted by molar-refractivity contribution is 7.15. The van der Waals surface area contributed by atoms with Crippen LogP contribution < -0.4 is 9.64 Å². The molecular formula is C23H25N3O5S. The minimum Gasteiger partial charge on any atom is -0.504 e. The summed E-state index contributed by atoms with van der Waals surface area (Å²) in [5, 5.41) is 19.9. The summed E-state index contributed by atoms with van der Waals surface area (Å²) in [7, 11) is 1.46. The molecule has 1 amide bonds. The number of ketones is 1. The Morgan fingerprint density at radius 2 is 2.06 bits per heavy atom. The van der Waals surface area contributed by atoms with Crippen molar-refractivity contribution in [2.45, 2.75) is 57.6 Å². The van der Waals surface area contributed by atoms with Crippen LogP contribution in [-0.4, -0.2) is 40.2 Å². The molecule has 8 nitrogen and oxygen atoms in total. The molecule has 2 aliphatic heterocycles. The van der Waals surface area contributed by atoms with E-state index in [1.807, 2.05) is 0 Å². The summed E-state index contributed by atoms with van der Waals surface area (Å²) >= 11 is 1.35.